The van der Waals surface area contributed by atoms with E-state index in [1.165, 1.54) is 0 Å². The molecule has 1 unspecified atom stereocenters. The molecule has 5 heteroatoms. The van der Waals surface area contributed by atoms with Gasteiger partial charge in [-0.05, 0) is 43.6 Å². The average molecular weight is 275 g/mol. The van der Waals surface area contributed by atoms with E-state index in [0.717, 1.165) is 18.7 Å². The smallest absolute Gasteiger partial charge is 0.251 e. The first-order valence-electron chi connectivity index (χ1n) is 6.88. The molecule has 1 atom stereocenters. The highest BCUT2D eigenvalue weighted by Gasteiger charge is 2.29. The lowest BCUT2D eigenvalue weighted by atomic mass is 9.88. The summed E-state index contributed by atoms with van der Waals surface area (Å²) in [6.07, 6.45) is 0. The van der Waals surface area contributed by atoms with E-state index in [1.807, 2.05) is 19.9 Å². The van der Waals surface area contributed by atoms with Gasteiger partial charge in [-0.25, -0.2) is 0 Å². The molecule has 20 heavy (non-hydrogen) atoms. The van der Waals surface area contributed by atoms with Gasteiger partial charge in [0.25, 0.3) is 5.91 Å². The van der Waals surface area contributed by atoms with Crippen LogP contribution in [0.1, 0.15) is 22.8 Å². The van der Waals surface area contributed by atoms with Crippen LogP contribution in [0.2, 0.25) is 0 Å². The Bertz CT molecular complexity index is 524. The molecule has 3 N–H and O–H groups in total. The van der Waals surface area contributed by atoms with Gasteiger partial charge in [-0.15, -0.1) is 0 Å². The Morgan fingerprint density at radius 3 is 2.60 bits per heavy atom. The highest BCUT2D eigenvalue weighted by atomic mass is 16.2. The van der Waals surface area contributed by atoms with Crippen molar-refractivity contribution in [3.8, 4) is 0 Å². The fraction of sp³-hybridized carbons (Fsp3) is 0.467. The third kappa shape index (κ3) is 2.82. The van der Waals surface area contributed by atoms with Crippen molar-refractivity contribution in [1.29, 1.82) is 0 Å². The first-order chi connectivity index (χ1) is 9.54. The van der Waals surface area contributed by atoms with Gasteiger partial charge < -0.3 is 16.0 Å². The number of hydrogen-bond acceptors (Lipinski definition) is 3. The summed E-state index contributed by atoms with van der Waals surface area (Å²) in [4.78, 5) is 23.9. The van der Waals surface area contributed by atoms with Gasteiger partial charge in [-0.1, -0.05) is 13.0 Å². The summed E-state index contributed by atoms with van der Waals surface area (Å²) < 4.78 is 0. The van der Waals surface area contributed by atoms with Gasteiger partial charge in [0.2, 0.25) is 5.91 Å². The second-order valence-electron chi connectivity index (χ2n) is 5.25. The zero-order valence-electron chi connectivity index (χ0n) is 12.1. The lowest BCUT2D eigenvalue weighted by Crippen LogP contribution is -2.48. The molecule has 0 bridgehead atoms. The molecule has 1 aliphatic rings. The van der Waals surface area contributed by atoms with Crippen LogP contribution < -0.4 is 16.0 Å². The van der Waals surface area contributed by atoms with Crippen molar-refractivity contribution in [2.24, 2.45) is 11.8 Å². The molecule has 1 heterocycles. The van der Waals surface area contributed by atoms with Crippen LogP contribution in [-0.2, 0) is 4.79 Å². The van der Waals surface area contributed by atoms with Gasteiger partial charge in [0, 0.05) is 24.2 Å². The molecule has 1 aromatic carbocycles. The Morgan fingerprint density at radius 1 is 1.35 bits per heavy atom. The number of carbonyl (C=O) groups is 2. The molecular weight excluding hydrogens is 254 g/mol. The summed E-state index contributed by atoms with van der Waals surface area (Å²) in [5.41, 5.74) is 2.08. The topological polar surface area (TPSA) is 70.2 Å². The van der Waals surface area contributed by atoms with Crippen LogP contribution in [0.4, 0.5) is 5.69 Å². The standard InChI is InChI=1S/C15H21N3O2/c1-9(11-7-17-8-11)14(19)18-13-6-4-5-12(10(13)2)15(20)16-3/h4-6,9,11,17H,7-8H2,1-3H3,(H,16,20)(H,18,19). The van der Waals surface area contributed by atoms with Crippen molar-refractivity contribution < 1.29 is 9.59 Å². The molecule has 0 spiro atoms. The molecule has 1 aromatic rings. The van der Waals surface area contributed by atoms with E-state index in [-0.39, 0.29) is 17.7 Å². The normalized spacial score (nSPS) is 16.1. The van der Waals surface area contributed by atoms with Crippen molar-refractivity contribution in [2.75, 3.05) is 25.5 Å². The molecule has 0 aliphatic carbocycles. The first-order valence-corrected chi connectivity index (χ1v) is 6.88. The van der Waals surface area contributed by atoms with Crippen LogP contribution in [0.15, 0.2) is 18.2 Å². The van der Waals surface area contributed by atoms with Crippen LogP contribution in [0.25, 0.3) is 0 Å². The second kappa shape index (κ2) is 6.05. The summed E-state index contributed by atoms with van der Waals surface area (Å²) >= 11 is 0. The minimum absolute atomic E-state index is 0.00802. The predicted octanol–water partition coefficient (Wildman–Crippen LogP) is 1.15. The average Bonchev–Trinajstić information content (AvgIpc) is 2.38. The maximum atomic E-state index is 12.2. The summed E-state index contributed by atoms with van der Waals surface area (Å²) in [6.45, 7) is 5.58. The maximum Gasteiger partial charge on any atom is 0.251 e. The van der Waals surface area contributed by atoms with E-state index in [4.69, 9.17) is 0 Å². The molecule has 1 fully saturated rings. The predicted molar refractivity (Wildman–Crippen MR) is 78.7 cm³/mol. The van der Waals surface area contributed by atoms with Crippen LogP contribution >= 0.6 is 0 Å². The minimum atomic E-state index is -0.144. The largest absolute Gasteiger partial charge is 0.355 e. The molecule has 5 nitrogen and oxygen atoms in total. The van der Waals surface area contributed by atoms with E-state index in [2.05, 4.69) is 16.0 Å². The van der Waals surface area contributed by atoms with Crippen molar-refractivity contribution >= 4 is 17.5 Å². The van der Waals surface area contributed by atoms with E-state index in [9.17, 15) is 9.59 Å². The van der Waals surface area contributed by atoms with E-state index < -0.39 is 0 Å². The van der Waals surface area contributed by atoms with Gasteiger partial charge in [-0.2, -0.15) is 0 Å². The zero-order valence-corrected chi connectivity index (χ0v) is 12.1. The number of nitrogens with one attached hydrogen (secondary N) is 3. The van der Waals surface area contributed by atoms with Crippen molar-refractivity contribution in [1.82, 2.24) is 10.6 Å². The molecule has 2 amide bonds. The lowest BCUT2D eigenvalue weighted by molar-refractivity contribution is -0.121. The maximum absolute atomic E-state index is 12.2. The Balaban J connectivity index is 2.12. The SMILES string of the molecule is CNC(=O)c1cccc(NC(=O)C(C)C2CNC2)c1C. The number of hydrogen-bond donors (Lipinski definition) is 3. The Morgan fingerprint density at radius 2 is 2.05 bits per heavy atom. The summed E-state index contributed by atoms with van der Waals surface area (Å²) in [5.74, 6) is 0.236. The van der Waals surface area contributed by atoms with Crippen LogP contribution in [0.5, 0.6) is 0 Å². The Labute approximate surface area is 119 Å². The fourth-order valence-electron chi connectivity index (χ4n) is 2.28. The number of rotatable bonds is 4. The monoisotopic (exact) mass is 275 g/mol. The molecule has 1 saturated heterocycles. The summed E-state index contributed by atoms with van der Waals surface area (Å²) in [6, 6.07) is 5.36. The lowest BCUT2D eigenvalue weighted by Gasteiger charge is -2.31. The van der Waals surface area contributed by atoms with Crippen LogP contribution in [0, 0.1) is 18.8 Å². The van der Waals surface area contributed by atoms with E-state index in [0.29, 0.717) is 17.2 Å². The molecule has 0 saturated carbocycles. The summed E-state index contributed by atoms with van der Waals surface area (Å²) in [5, 5.41) is 8.70. The highest BCUT2D eigenvalue weighted by Crippen LogP contribution is 2.22. The summed E-state index contributed by atoms with van der Waals surface area (Å²) in [7, 11) is 1.60. The first kappa shape index (κ1) is 14.5. The van der Waals surface area contributed by atoms with Gasteiger partial charge in [0.05, 0.1) is 0 Å². The van der Waals surface area contributed by atoms with E-state index in [1.54, 1.807) is 19.2 Å². The van der Waals surface area contributed by atoms with Crippen molar-refractivity contribution in [3.63, 3.8) is 0 Å². The van der Waals surface area contributed by atoms with E-state index >= 15 is 0 Å². The van der Waals surface area contributed by atoms with Crippen LogP contribution in [-0.4, -0.2) is 32.0 Å². The minimum Gasteiger partial charge on any atom is -0.355 e. The quantitative estimate of drug-likeness (QED) is 0.772. The van der Waals surface area contributed by atoms with Gasteiger partial charge in [-0.3, -0.25) is 9.59 Å². The van der Waals surface area contributed by atoms with Gasteiger partial charge in [0.1, 0.15) is 0 Å². The third-order valence-electron chi connectivity index (χ3n) is 4.00. The molecular formula is C15H21N3O2. The van der Waals surface area contributed by atoms with Gasteiger partial charge >= 0.3 is 0 Å². The van der Waals surface area contributed by atoms with Crippen molar-refractivity contribution in [3.05, 3.63) is 29.3 Å². The number of benzene rings is 1. The second-order valence-corrected chi connectivity index (χ2v) is 5.25. The number of carbonyl (C=O) groups excluding carboxylic acids is 2. The van der Waals surface area contributed by atoms with Crippen LogP contribution in [0.3, 0.4) is 0 Å². The number of amides is 2. The molecule has 2 rings (SSSR count). The van der Waals surface area contributed by atoms with Crippen molar-refractivity contribution in [2.45, 2.75) is 13.8 Å². The molecule has 1 aliphatic heterocycles. The highest BCUT2D eigenvalue weighted by molar-refractivity contribution is 5.99. The number of anilines is 1. The molecule has 108 valence electrons. The third-order valence-corrected chi connectivity index (χ3v) is 4.00. The Kier molecular flexibility index (Phi) is 4.39. The molecule has 0 aromatic heterocycles. The fourth-order valence-corrected chi connectivity index (χ4v) is 2.28. The molecule has 0 radical (unpaired) electrons. The zero-order chi connectivity index (χ0) is 14.7. The van der Waals surface area contributed by atoms with Gasteiger partial charge in [0.15, 0.2) is 0 Å². The Hall–Kier alpha value is -1.88.